The van der Waals surface area contributed by atoms with Gasteiger partial charge in [-0.05, 0) is 26.3 Å². The molecule has 0 spiro atoms. The molecule has 0 amide bonds. The Hall–Kier alpha value is -3.68. The molecule has 0 aliphatic carbocycles. The standard InChI is InChI=1S/C23H22O8/c1-9-5-12-13(20(25)11(3)21(26)18(12)23(28)31-9)7-14-16(29-4)8-17-19(22(14)27)15(24)6-10(2)30-17/h6,8-9,25-27H,5,7H2,1-4H3/t9-/m1/s1. The normalized spacial score (nSPS) is 15.6. The topological polar surface area (TPSA) is 126 Å². The number of benzene rings is 2. The van der Waals surface area contributed by atoms with E-state index in [1.807, 2.05) is 0 Å². The van der Waals surface area contributed by atoms with Gasteiger partial charge >= 0.3 is 5.97 Å². The van der Waals surface area contributed by atoms with Crippen LogP contribution in [0.25, 0.3) is 11.0 Å². The number of cyclic esters (lactones) is 1. The van der Waals surface area contributed by atoms with Crippen LogP contribution in [0.15, 0.2) is 21.3 Å². The maximum absolute atomic E-state index is 12.5. The summed E-state index contributed by atoms with van der Waals surface area (Å²) in [4.78, 5) is 24.9. The van der Waals surface area contributed by atoms with Gasteiger partial charge in [-0.25, -0.2) is 4.79 Å². The SMILES string of the molecule is COc1cc2oc(C)cc(=O)c2c(O)c1Cc1c(O)c(C)c(O)c2c1C[C@@H](C)OC2=O. The highest BCUT2D eigenvalue weighted by Gasteiger charge is 2.33. The fourth-order valence-corrected chi connectivity index (χ4v) is 4.14. The third-order valence-electron chi connectivity index (χ3n) is 5.66. The van der Waals surface area contributed by atoms with E-state index in [1.165, 1.54) is 26.2 Å². The van der Waals surface area contributed by atoms with Crippen LogP contribution >= 0.6 is 0 Å². The molecule has 8 heteroatoms. The molecular weight excluding hydrogens is 404 g/mol. The molecule has 1 atom stereocenters. The highest BCUT2D eigenvalue weighted by atomic mass is 16.5. The first-order valence-corrected chi connectivity index (χ1v) is 9.74. The summed E-state index contributed by atoms with van der Waals surface area (Å²) in [5.41, 5.74) is 0.909. The van der Waals surface area contributed by atoms with Crippen LogP contribution in [-0.2, 0) is 17.6 Å². The van der Waals surface area contributed by atoms with Crippen molar-refractivity contribution in [1.82, 2.24) is 0 Å². The largest absolute Gasteiger partial charge is 0.507 e. The van der Waals surface area contributed by atoms with Crippen molar-refractivity contribution in [2.75, 3.05) is 7.11 Å². The second-order valence-electron chi connectivity index (χ2n) is 7.75. The number of ether oxygens (including phenoxy) is 2. The molecule has 0 unspecified atom stereocenters. The van der Waals surface area contributed by atoms with Crippen LogP contribution in [0.4, 0.5) is 0 Å². The van der Waals surface area contributed by atoms with Crippen molar-refractivity contribution in [1.29, 1.82) is 0 Å². The molecule has 1 aliphatic heterocycles. The molecule has 0 saturated carbocycles. The molecular formula is C23H22O8. The lowest BCUT2D eigenvalue weighted by molar-refractivity contribution is 0.0295. The number of hydrogen-bond acceptors (Lipinski definition) is 8. The van der Waals surface area contributed by atoms with E-state index in [4.69, 9.17) is 13.9 Å². The second-order valence-corrected chi connectivity index (χ2v) is 7.75. The molecule has 0 radical (unpaired) electrons. The van der Waals surface area contributed by atoms with Crippen LogP contribution in [0.3, 0.4) is 0 Å². The van der Waals surface area contributed by atoms with E-state index in [0.29, 0.717) is 16.9 Å². The molecule has 2 aromatic carbocycles. The van der Waals surface area contributed by atoms with Crippen LogP contribution in [0.1, 0.15) is 45.3 Å². The first kappa shape index (κ1) is 20.6. The third kappa shape index (κ3) is 3.15. The first-order chi connectivity index (χ1) is 14.6. The van der Waals surface area contributed by atoms with Gasteiger partial charge in [-0.1, -0.05) is 0 Å². The van der Waals surface area contributed by atoms with Gasteiger partial charge in [-0.15, -0.1) is 0 Å². The maximum Gasteiger partial charge on any atom is 0.342 e. The van der Waals surface area contributed by atoms with Crippen LogP contribution in [0.5, 0.6) is 23.0 Å². The zero-order valence-corrected chi connectivity index (χ0v) is 17.5. The van der Waals surface area contributed by atoms with Gasteiger partial charge in [0.15, 0.2) is 5.43 Å². The number of carbonyl (C=O) groups excluding carboxylic acids is 1. The minimum Gasteiger partial charge on any atom is -0.507 e. The van der Waals surface area contributed by atoms with E-state index < -0.39 is 17.5 Å². The number of aromatic hydroxyl groups is 3. The van der Waals surface area contributed by atoms with Crippen LogP contribution in [-0.4, -0.2) is 34.5 Å². The number of methoxy groups -OCH3 is 1. The number of carbonyl (C=O) groups is 1. The summed E-state index contributed by atoms with van der Waals surface area (Å²) in [7, 11) is 1.41. The van der Waals surface area contributed by atoms with E-state index in [2.05, 4.69) is 0 Å². The Bertz CT molecular complexity index is 1300. The van der Waals surface area contributed by atoms with Gasteiger partial charge < -0.3 is 29.2 Å². The molecule has 0 saturated heterocycles. The lowest BCUT2D eigenvalue weighted by atomic mass is 9.86. The summed E-state index contributed by atoms with van der Waals surface area (Å²) in [5.74, 6) is -0.895. The van der Waals surface area contributed by atoms with Crippen LogP contribution in [0.2, 0.25) is 0 Å². The average molecular weight is 426 g/mol. The third-order valence-corrected chi connectivity index (χ3v) is 5.66. The van der Waals surface area contributed by atoms with Crippen molar-refractivity contribution in [3.63, 3.8) is 0 Å². The average Bonchev–Trinajstić information content (AvgIpc) is 2.69. The lowest BCUT2D eigenvalue weighted by Gasteiger charge is -2.27. The zero-order chi connectivity index (χ0) is 22.6. The number of hydrogen-bond donors (Lipinski definition) is 3. The number of fused-ring (bicyclic) bond motifs is 2. The number of phenols is 3. The minimum absolute atomic E-state index is 0.00182. The Labute approximate surface area is 177 Å². The van der Waals surface area contributed by atoms with Gasteiger partial charge in [0.2, 0.25) is 0 Å². The molecule has 8 nitrogen and oxygen atoms in total. The molecule has 162 valence electrons. The Morgan fingerprint density at radius 1 is 1.06 bits per heavy atom. The Morgan fingerprint density at radius 2 is 1.77 bits per heavy atom. The van der Waals surface area contributed by atoms with E-state index in [0.717, 1.165) is 0 Å². The van der Waals surface area contributed by atoms with E-state index in [-0.39, 0.29) is 63.5 Å². The fourth-order valence-electron chi connectivity index (χ4n) is 4.14. The molecule has 31 heavy (non-hydrogen) atoms. The quantitative estimate of drug-likeness (QED) is 0.545. The van der Waals surface area contributed by atoms with Gasteiger partial charge in [0.05, 0.1) is 7.11 Å². The van der Waals surface area contributed by atoms with Gasteiger partial charge in [0.25, 0.3) is 0 Å². The summed E-state index contributed by atoms with van der Waals surface area (Å²) in [6.45, 7) is 4.82. The monoisotopic (exact) mass is 426 g/mol. The minimum atomic E-state index is -0.679. The van der Waals surface area contributed by atoms with Gasteiger partial charge in [-0.2, -0.15) is 0 Å². The van der Waals surface area contributed by atoms with Crippen molar-refractivity contribution in [2.24, 2.45) is 0 Å². The highest BCUT2D eigenvalue weighted by molar-refractivity contribution is 5.97. The van der Waals surface area contributed by atoms with E-state index in [9.17, 15) is 24.9 Å². The Kier molecular flexibility index (Phi) is 4.80. The molecule has 2 heterocycles. The molecule has 3 aromatic rings. The van der Waals surface area contributed by atoms with Crippen LogP contribution < -0.4 is 10.2 Å². The number of esters is 1. The van der Waals surface area contributed by atoms with Crippen LogP contribution in [0, 0.1) is 13.8 Å². The van der Waals surface area contributed by atoms with Crippen molar-refractivity contribution >= 4 is 16.9 Å². The predicted molar refractivity (Wildman–Crippen MR) is 111 cm³/mol. The predicted octanol–water partition coefficient (Wildman–Crippen LogP) is 3.23. The lowest BCUT2D eigenvalue weighted by Crippen LogP contribution is -2.27. The summed E-state index contributed by atoms with van der Waals surface area (Å²) < 4.78 is 16.2. The van der Waals surface area contributed by atoms with Gasteiger partial charge in [0.1, 0.15) is 51.4 Å². The molecule has 0 fully saturated rings. The fraction of sp³-hybridized carbons (Fsp3) is 0.304. The van der Waals surface area contributed by atoms with Crippen molar-refractivity contribution in [2.45, 2.75) is 39.7 Å². The van der Waals surface area contributed by atoms with Crippen molar-refractivity contribution in [3.05, 3.63) is 55.9 Å². The van der Waals surface area contributed by atoms with Crippen molar-refractivity contribution < 1.29 is 34.0 Å². The summed E-state index contributed by atoms with van der Waals surface area (Å²) >= 11 is 0. The number of rotatable bonds is 3. The summed E-state index contributed by atoms with van der Waals surface area (Å²) in [5, 5.41) is 32.2. The summed E-state index contributed by atoms with van der Waals surface area (Å²) in [6.07, 6.45) is -0.231. The molecule has 3 N–H and O–H groups in total. The maximum atomic E-state index is 12.5. The zero-order valence-electron chi connectivity index (χ0n) is 17.5. The molecule has 4 rings (SSSR count). The Morgan fingerprint density at radius 3 is 2.45 bits per heavy atom. The smallest absolute Gasteiger partial charge is 0.342 e. The molecule has 1 aliphatic rings. The number of aryl methyl sites for hydroxylation is 1. The van der Waals surface area contributed by atoms with E-state index >= 15 is 0 Å². The van der Waals surface area contributed by atoms with E-state index in [1.54, 1.807) is 13.8 Å². The van der Waals surface area contributed by atoms with Crippen molar-refractivity contribution in [3.8, 4) is 23.0 Å². The summed E-state index contributed by atoms with van der Waals surface area (Å²) in [6, 6.07) is 2.78. The van der Waals surface area contributed by atoms with Gasteiger partial charge in [0, 0.05) is 41.7 Å². The van der Waals surface area contributed by atoms with Gasteiger partial charge in [-0.3, -0.25) is 4.79 Å². The second kappa shape index (κ2) is 7.23. The molecule has 1 aromatic heterocycles. The Balaban J connectivity index is 2.00. The highest BCUT2D eigenvalue weighted by Crippen LogP contribution is 2.44. The first-order valence-electron chi connectivity index (χ1n) is 9.74. The number of phenolic OH excluding ortho intramolecular Hbond substituents is 3. The molecule has 0 bridgehead atoms.